The minimum absolute atomic E-state index is 0.0163. The van der Waals surface area contributed by atoms with Crippen LogP contribution < -0.4 is 0 Å². The lowest BCUT2D eigenvalue weighted by atomic mass is 10.1. The Bertz CT molecular complexity index is 762. The van der Waals surface area contributed by atoms with Crippen LogP contribution in [-0.4, -0.2) is 22.1 Å². The summed E-state index contributed by atoms with van der Waals surface area (Å²) in [5.41, 5.74) is -0.728. The Morgan fingerprint density at radius 2 is 1.96 bits per heavy atom. The molecular weight excluding hydrogens is 333 g/mol. The summed E-state index contributed by atoms with van der Waals surface area (Å²) >= 11 is 0. The Hall–Kier alpha value is -2.31. The van der Waals surface area contributed by atoms with E-state index in [2.05, 4.69) is 4.98 Å². The Balaban J connectivity index is 2.13. The molecule has 2 aromatic rings. The van der Waals surface area contributed by atoms with Gasteiger partial charge in [0, 0.05) is 17.8 Å². The summed E-state index contributed by atoms with van der Waals surface area (Å²) in [6, 6.07) is 5.37. The molecule has 0 saturated heterocycles. The van der Waals surface area contributed by atoms with Gasteiger partial charge in [0.05, 0.1) is 12.2 Å². The molecule has 0 N–H and O–H groups in total. The minimum atomic E-state index is -4.49. The third kappa shape index (κ3) is 3.55. The molecule has 1 aromatic heterocycles. The van der Waals surface area contributed by atoms with Gasteiger partial charge in [-0.2, -0.15) is 13.2 Å². The molecule has 7 heteroatoms. The van der Waals surface area contributed by atoms with Gasteiger partial charge in [-0.3, -0.25) is 0 Å². The summed E-state index contributed by atoms with van der Waals surface area (Å²) in [5.74, 6) is -0.451. The van der Waals surface area contributed by atoms with Crippen molar-refractivity contribution in [1.29, 1.82) is 0 Å². The average molecular weight is 352 g/mol. The van der Waals surface area contributed by atoms with E-state index >= 15 is 0 Å². The molecule has 1 aromatic carbocycles. The van der Waals surface area contributed by atoms with Crippen molar-refractivity contribution in [1.82, 2.24) is 9.55 Å². The topological polar surface area (TPSA) is 44.1 Å². The van der Waals surface area contributed by atoms with Crippen LogP contribution in [0.5, 0.6) is 0 Å². The highest BCUT2D eigenvalue weighted by atomic mass is 19.4. The van der Waals surface area contributed by atoms with E-state index < -0.39 is 17.7 Å². The number of benzene rings is 1. The molecule has 0 spiro atoms. The molecule has 1 fully saturated rings. The quantitative estimate of drug-likeness (QED) is 0.738. The van der Waals surface area contributed by atoms with E-state index in [1.165, 1.54) is 18.3 Å². The van der Waals surface area contributed by atoms with Gasteiger partial charge in [0.1, 0.15) is 5.82 Å². The molecule has 134 valence electrons. The maximum Gasteiger partial charge on any atom is 0.417 e. The van der Waals surface area contributed by atoms with Gasteiger partial charge in [-0.25, -0.2) is 9.78 Å². The first-order chi connectivity index (χ1) is 11.9. The van der Waals surface area contributed by atoms with Crippen molar-refractivity contribution in [3.8, 4) is 11.4 Å². The molecule has 0 bridgehead atoms. The van der Waals surface area contributed by atoms with Crippen LogP contribution in [0.4, 0.5) is 13.2 Å². The lowest BCUT2D eigenvalue weighted by molar-refractivity contribution is -0.137. The number of hydrogen-bond donors (Lipinski definition) is 0. The molecule has 0 aliphatic heterocycles. The van der Waals surface area contributed by atoms with Crippen molar-refractivity contribution in [2.45, 2.75) is 44.8 Å². The van der Waals surface area contributed by atoms with Gasteiger partial charge in [-0.15, -0.1) is 0 Å². The van der Waals surface area contributed by atoms with Gasteiger partial charge < -0.3 is 9.30 Å². The summed E-state index contributed by atoms with van der Waals surface area (Å²) in [6.07, 6.45) is 0.777. The molecule has 0 amide bonds. The van der Waals surface area contributed by atoms with E-state index in [9.17, 15) is 18.0 Å². The minimum Gasteiger partial charge on any atom is -0.461 e. The Morgan fingerprint density at radius 3 is 2.60 bits per heavy atom. The van der Waals surface area contributed by atoms with Gasteiger partial charge in [0.25, 0.3) is 0 Å². The second-order valence-electron chi connectivity index (χ2n) is 6.06. The van der Waals surface area contributed by atoms with Gasteiger partial charge in [0.15, 0.2) is 5.69 Å². The number of carbonyl (C=O) groups excluding carboxylic acids is 1. The van der Waals surface area contributed by atoms with Crippen LogP contribution in [-0.2, 0) is 10.9 Å². The smallest absolute Gasteiger partial charge is 0.417 e. The fourth-order valence-electron chi connectivity index (χ4n) is 3.28. The first-order valence-electron chi connectivity index (χ1n) is 8.34. The SMILES string of the molecule is CCOC(=O)c1cn(C2CCCC2)c(-c2ccccc2C(F)(F)F)n1. The van der Waals surface area contributed by atoms with Gasteiger partial charge in [-0.1, -0.05) is 31.0 Å². The molecule has 3 rings (SSSR count). The van der Waals surface area contributed by atoms with E-state index in [-0.39, 0.29) is 29.7 Å². The normalized spacial score (nSPS) is 15.5. The standard InChI is InChI=1S/C18H19F3N2O2/c1-2-25-17(24)15-11-23(12-7-3-4-8-12)16(22-15)13-9-5-6-10-14(13)18(19,20)21/h5-6,9-12H,2-4,7-8H2,1H3. The fourth-order valence-corrected chi connectivity index (χ4v) is 3.28. The van der Waals surface area contributed by atoms with Crippen LogP contribution in [0.1, 0.15) is 54.7 Å². The number of rotatable bonds is 4. The van der Waals surface area contributed by atoms with Crippen molar-refractivity contribution in [3.05, 3.63) is 41.7 Å². The second-order valence-corrected chi connectivity index (χ2v) is 6.06. The number of alkyl halides is 3. The Kier molecular flexibility index (Phi) is 4.83. The number of halogens is 3. The molecule has 25 heavy (non-hydrogen) atoms. The van der Waals surface area contributed by atoms with E-state index in [1.807, 2.05) is 0 Å². The van der Waals surface area contributed by atoms with Crippen LogP contribution >= 0.6 is 0 Å². The van der Waals surface area contributed by atoms with Crippen LogP contribution in [0.25, 0.3) is 11.4 Å². The molecule has 1 aliphatic carbocycles. The Labute approximate surface area is 143 Å². The van der Waals surface area contributed by atoms with Crippen molar-refractivity contribution >= 4 is 5.97 Å². The van der Waals surface area contributed by atoms with E-state index in [4.69, 9.17) is 4.74 Å². The number of hydrogen-bond acceptors (Lipinski definition) is 3. The number of carbonyl (C=O) groups is 1. The molecule has 0 radical (unpaired) electrons. The second kappa shape index (κ2) is 6.90. The van der Waals surface area contributed by atoms with Crippen LogP contribution in [0, 0.1) is 0 Å². The van der Waals surface area contributed by atoms with Crippen LogP contribution in [0.15, 0.2) is 30.5 Å². The largest absolute Gasteiger partial charge is 0.461 e. The Morgan fingerprint density at radius 1 is 1.28 bits per heavy atom. The number of esters is 1. The zero-order valence-corrected chi connectivity index (χ0v) is 13.8. The van der Waals surface area contributed by atoms with Crippen LogP contribution in [0.2, 0.25) is 0 Å². The summed E-state index contributed by atoms with van der Waals surface area (Å²) in [7, 11) is 0. The monoisotopic (exact) mass is 352 g/mol. The van der Waals surface area contributed by atoms with Gasteiger partial charge in [-0.05, 0) is 25.8 Å². The summed E-state index contributed by atoms with van der Waals surface area (Å²) in [5, 5.41) is 0. The van der Waals surface area contributed by atoms with E-state index in [0.717, 1.165) is 31.7 Å². The van der Waals surface area contributed by atoms with Crippen molar-refractivity contribution in [2.75, 3.05) is 6.61 Å². The molecule has 4 nitrogen and oxygen atoms in total. The number of ether oxygens (including phenoxy) is 1. The molecular formula is C18H19F3N2O2. The third-order valence-corrected chi connectivity index (χ3v) is 4.41. The lowest BCUT2D eigenvalue weighted by Crippen LogP contribution is -2.11. The summed E-state index contributed by atoms with van der Waals surface area (Å²) < 4.78 is 46.9. The highest BCUT2D eigenvalue weighted by molar-refractivity contribution is 5.88. The van der Waals surface area contributed by atoms with Crippen molar-refractivity contribution < 1.29 is 22.7 Å². The van der Waals surface area contributed by atoms with Crippen molar-refractivity contribution in [2.24, 2.45) is 0 Å². The van der Waals surface area contributed by atoms with E-state index in [0.29, 0.717) is 0 Å². The predicted molar refractivity (Wildman–Crippen MR) is 86.1 cm³/mol. The zero-order valence-electron chi connectivity index (χ0n) is 13.8. The fraction of sp³-hybridized carbons (Fsp3) is 0.444. The third-order valence-electron chi connectivity index (χ3n) is 4.41. The maximum absolute atomic E-state index is 13.4. The number of nitrogens with zero attached hydrogens (tertiary/aromatic N) is 2. The average Bonchev–Trinajstić information content (AvgIpc) is 3.23. The van der Waals surface area contributed by atoms with Gasteiger partial charge >= 0.3 is 12.1 Å². The number of imidazole rings is 1. The van der Waals surface area contributed by atoms with Gasteiger partial charge in [0.2, 0.25) is 0 Å². The summed E-state index contributed by atoms with van der Waals surface area (Å²) in [6.45, 7) is 1.86. The molecule has 0 unspecified atom stereocenters. The summed E-state index contributed by atoms with van der Waals surface area (Å²) in [4.78, 5) is 16.2. The molecule has 0 atom stereocenters. The van der Waals surface area contributed by atoms with Crippen molar-refractivity contribution in [3.63, 3.8) is 0 Å². The zero-order chi connectivity index (χ0) is 18.0. The highest BCUT2D eigenvalue weighted by Gasteiger charge is 2.35. The highest BCUT2D eigenvalue weighted by Crippen LogP contribution is 2.39. The maximum atomic E-state index is 13.4. The first kappa shape index (κ1) is 17.5. The molecule has 1 aliphatic rings. The molecule has 1 saturated carbocycles. The van der Waals surface area contributed by atoms with Crippen LogP contribution in [0.3, 0.4) is 0 Å². The first-order valence-corrected chi connectivity index (χ1v) is 8.34. The number of aromatic nitrogens is 2. The predicted octanol–water partition coefficient (Wildman–Crippen LogP) is 4.86. The van der Waals surface area contributed by atoms with E-state index in [1.54, 1.807) is 17.6 Å². The molecule has 1 heterocycles. The lowest BCUT2D eigenvalue weighted by Gasteiger charge is -2.17.